The number of sulfonamides is 1. The second-order valence-electron chi connectivity index (χ2n) is 7.10. The van der Waals surface area contributed by atoms with Gasteiger partial charge in [0.05, 0.1) is 12.8 Å². The Morgan fingerprint density at radius 3 is 2.45 bits per heavy atom. The number of amides is 4. The van der Waals surface area contributed by atoms with E-state index in [1.165, 1.54) is 4.31 Å². The fourth-order valence-corrected chi connectivity index (χ4v) is 4.44. The van der Waals surface area contributed by atoms with Gasteiger partial charge < -0.3 is 10.2 Å². The highest BCUT2D eigenvalue weighted by atomic mass is 35.5. The highest BCUT2D eigenvalue weighted by Crippen LogP contribution is 2.21. The van der Waals surface area contributed by atoms with Crippen molar-refractivity contribution in [1.29, 1.82) is 0 Å². The molecular formula is C18H23ClN4O5S. The summed E-state index contributed by atoms with van der Waals surface area (Å²) in [6.45, 7) is 1.22. The molecule has 1 atom stereocenters. The van der Waals surface area contributed by atoms with E-state index in [0.29, 0.717) is 23.7 Å². The summed E-state index contributed by atoms with van der Waals surface area (Å²) in [6.07, 6.45) is 1.43. The first-order valence-corrected chi connectivity index (χ1v) is 11.5. The monoisotopic (exact) mass is 442 g/mol. The number of nitrogens with one attached hydrogen (secondary N) is 1. The molecule has 4 amide bonds. The van der Waals surface area contributed by atoms with Crippen molar-refractivity contribution in [2.45, 2.75) is 25.4 Å². The predicted octanol–water partition coefficient (Wildman–Crippen LogP) is 0.644. The lowest BCUT2D eigenvalue weighted by molar-refractivity contribution is -0.133. The zero-order chi connectivity index (χ0) is 21.2. The third-order valence-electron chi connectivity index (χ3n) is 5.10. The minimum atomic E-state index is -3.26. The molecular weight excluding hydrogens is 420 g/mol. The highest BCUT2D eigenvalue weighted by Gasteiger charge is 2.38. The molecule has 0 unspecified atom stereocenters. The van der Waals surface area contributed by atoms with Gasteiger partial charge in [-0.15, -0.1) is 0 Å². The van der Waals surface area contributed by atoms with E-state index in [9.17, 15) is 22.8 Å². The molecule has 0 spiro atoms. The third-order valence-corrected chi connectivity index (χ3v) is 6.77. The maximum atomic E-state index is 12.6. The number of hydrogen-bond donors (Lipinski definition) is 1. The van der Waals surface area contributed by atoms with Crippen molar-refractivity contribution in [2.75, 3.05) is 32.4 Å². The van der Waals surface area contributed by atoms with E-state index in [-0.39, 0.29) is 44.3 Å². The molecule has 0 aliphatic carbocycles. The van der Waals surface area contributed by atoms with Gasteiger partial charge in [-0.2, -0.15) is 4.31 Å². The molecule has 1 N–H and O–H groups in total. The summed E-state index contributed by atoms with van der Waals surface area (Å²) in [7, 11) is -3.26. The van der Waals surface area contributed by atoms with Gasteiger partial charge in [0.15, 0.2) is 0 Å². The Kier molecular flexibility index (Phi) is 6.45. The SMILES string of the molecule is CS(=O)(=O)N1CCN(C(=O)CC[C@H]2NC(=O)N(Cc3ccccc3Cl)C2=O)CC1. The van der Waals surface area contributed by atoms with Crippen LogP contribution in [0.4, 0.5) is 4.79 Å². The number of carbonyl (C=O) groups is 3. The van der Waals surface area contributed by atoms with Crippen LogP contribution in [-0.4, -0.2) is 78.8 Å². The van der Waals surface area contributed by atoms with Crippen molar-refractivity contribution in [3.63, 3.8) is 0 Å². The molecule has 0 radical (unpaired) electrons. The molecule has 2 heterocycles. The van der Waals surface area contributed by atoms with Crippen LogP contribution in [0.15, 0.2) is 24.3 Å². The Labute approximate surface area is 174 Å². The van der Waals surface area contributed by atoms with E-state index in [1.54, 1.807) is 29.2 Å². The molecule has 1 aromatic rings. The molecule has 158 valence electrons. The summed E-state index contributed by atoms with van der Waals surface area (Å²) < 4.78 is 24.4. The number of benzene rings is 1. The molecule has 0 aromatic heterocycles. The van der Waals surface area contributed by atoms with Gasteiger partial charge in [0.2, 0.25) is 15.9 Å². The lowest BCUT2D eigenvalue weighted by Crippen LogP contribution is -2.50. The first-order chi connectivity index (χ1) is 13.7. The number of halogens is 1. The van der Waals surface area contributed by atoms with Crippen LogP contribution in [0.5, 0.6) is 0 Å². The average Bonchev–Trinajstić information content (AvgIpc) is 2.94. The Morgan fingerprint density at radius 2 is 1.83 bits per heavy atom. The van der Waals surface area contributed by atoms with Crippen LogP contribution in [0.25, 0.3) is 0 Å². The maximum Gasteiger partial charge on any atom is 0.325 e. The van der Waals surface area contributed by atoms with E-state index in [1.807, 2.05) is 0 Å². The first-order valence-electron chi connectivity index (χ1n) is 9.25. The second kappa shape index (κ2) is 8.68. The Bertz CT molecular complexity index is 915. The van der Waals surface area contributed by atoms with E-state index in [2.05, 4.69) is 5.32 Å². The molecule has 2 fully saturated rings. The first kappa shape index (κ1) is 21.5. The summed E-state index contributed by atoms with van der Waals surface area (Å²) >= 11 is 6.10. The molecule has 3 rings (SSSR count). The van der Waals surface area contributed by atoms with Crippen LogP contribution in [0.2, 0.25) is 5.02 Å². The minimum absolute atomic E-state index is 0.0717. The van der Waals surface area contributed by atoms with Crippen molar-refractivity contribution < 1.29 is 22.8 Å². The normalized spacial score (nSPS) is 20.8. The predicted molar refractivity (Wildman–Crippen MR) is 107 cm³/mol. The van der Waals surface area contributed by atoms with E-state index in [0.717, 1.165) is 11.2 Å². The van der Waals surface area contributed by atoms with Gasteiger partial charge in [0.25, 0.3) is 5.91 Å². The van der Waals surface area contributed by atoms with Crippen LogP contribution < -0.4 is 5.32 Å². The van der Waals surface area contributed by atoms with Crippen molar-refractivity contribution in [2.24, 2.45) is 0 Å². The number of nitrogens with zero attached hydrogens (tertiary/aromatic N) is 3. The van der Waals surface area contributed by atoms with Gasteiger partial charge in [-0.05, 0) is 18.1 Å². The molecule has 29 heavy (non-hydrogen) atoms. The summed E-state index contributed by atoms with van der Waals surface area (Å²) in [5.74, 6) is -0.547. The molecule has 0 saturated carbocycles. The zero-order valence-corrected chi connectivity index (χ0v) is 17.6. The minimum Gasteiger partial charge on any atom is -0.340 e. The third kappa shape index (κ3) is 5.06. The van der Waals surface area contributed by atoms with Crippen molar-refractivity contribution in [1.82, 2.24) is 19.4 Å². The Balaban J connectivity index is 1.51. The lowest BCUT2D eigenvalue weighted by atomic mass is 10.1. The quantitative estimate of drug-likeness (QED) is 0.651. The van der Waals surface area contributed by atoms with Crippen LogP contribution in [-0.2, 0) is 26.2 Å². The number of rotatable bonds is 6. The topological polar surface area (TPSA) is 107 Å². The van der Waals surface area contributed by atoms with Gasteiger partial charge in [0.1, 0.15) is 6.04 Å². The largest absolute Gasteiger partial charge is 0.340 e. The van der Waals surface area contributed by atoms with Crippen molar-refractivity contribution in [3.8, 4) is 0 Å². The molecule has 0 bridgehead atoms. The summed E-state index contributed by atoms with van der Waals surface area (Å²) in [4.78, 5) is 39.9. The molecule has 9 nitrogen and oxygen atoms in total. The zero-order valence-electron chi connectivity index (χ0n) is 16.0. The lowest BCUT2D eigenvalue weighted by Gasteiger charge is -2.33. The van der Waals surface area contributed by atoms with Gasteiger partial charge in [0, 0.05) is 37.6 Å². The van der Waals surface area contributed by atoms with Gasteiger partial charge in [-0.3, -0.25) is 14.5 Å². The summed E-state index contributed by atoms with van der Waals surface area (Å²) in [5, 5.41) is 3.09. The fraction of sp³-hybridized carbons (Fsp3) is 0.500. The van der Waals surface area contributed by atoms with E-state index in [4.69, 9.17) is 11.6 Å². The molecule has 11 heteroatoms. The van der Waals surface area contributed by atoms with Crippen LogP contribution in [0.3, 0.4) is 0 Å². The molecule has 1 aromatic carbocycles. The summed E-state index contributed by atoms with van der Waals surface area (Å²) in [6, 6.07) is 5.71. The van der Waals surface area contributed by atoms with Crippen LogP contribution >= 0.6 is 11.6 Å². The standard InChI is InChI=1S/C18H23ClN4O5S/c1-29(27,28)22-10-8-21(9-11-22)16(24)7-6-15-17(25)23(18(26)20-15)12-13-4-2-3-5-14(13)19/h2-5,15H,6-12H2,1H3,(H,20,26)/t15-/m1/s1. The average molecular weight is 443 g/mol. The van der Waals surface area contributed by atoms with Gasteiger partial charge >= 0.3 is 6.03 Å². The second-order valence-corrected chi connectivity index (χ2v) is 9.49. The van der Waals surface area contributed by atoms with Crippen molar-refractivity contribution in [3.05, 3.63) is 34.9 Å². The smallest absolute Gasteiger partial charge is 0.325 e. The number of urea groups is 1. The highest BCUT2D eigenvalue weighted by molar-refractivity contribution is 7.88. The number of hydrogen-bond acceptors (Lipinski definition) is 5. The Morgan fingerprint density at radius 1 is 1.17 bits per heavy atom. The number of imide groups is 1. The molecule has 2 saturated heterocycles. The van der Waals surface area contributed by atoms with Gasteiger partial charge in [-0.25, -0.2) is 13.2 Å². The summed E-state index contributed by atoms with van der Waals surface area (Å²) in [5.41, 5.74) is 0.665. The molecule has 2 aliphatic heterocycles. The maximum absolute atomic E-state index is 12.6. The van der Waals surface area contributed by atoms with Crippen LogP contribution in [0, 0.1) is 0 Å². The number of piperazine rings is 1. The Hall–Kier alpha value is -2.17. The fourth-order valence-electron chi connectivity index (χ4n) is 3.41. The van der Waals surface area contributed by atoms with Crippen molar-refractivity contribution >= 4 is 39.5 Å². The van der Waals surface area contributed by atoms with Gasteiger partial charge in [-0.1, -0.05) is 29.8 Å². The van der Waals surface area contributed by atoms with E-state index < -0.39 is 22.1 Å². The van der Waals surface area contributed by atoms with Crippen LogP contribution in [0.1, 0.15) is 18.4 Å². The number of carbonyl (C=O) groups excluding carboxylic acids is 3. The molecule has 2 aliphatic rings. The van der Waals surface area contributed by atoms with E-state index >= 15 is 0 Å².